The Morgan fingerprint density at radius 3 is 2.29 bits per heavy atom. The third kappa shape index (κ3) is 3.55. The van der Waals surface area contributed by atoms with E-state index in [-0.39, 0.29) is 5.82 Å². The van der Waals surface area contributed by atoms with Crippen molar-refractivity contribution >= 4 is 0 Å². The maximum Gasteiger partial charge on any atom is 0.123 e. The molecule has 1 aliphatic rings. The predicted molar refractivity (Wildman–Crippen MR) is 70.6 cm³/mol. The largest absolute Gasteiger partial charge is 0.207 e. The third-order valence-electron chi connectivity index (χ3n) is 4.15. The summed E-state index contributed by atoms with van der Waals surface area (Å²) in [4.78, 5) is 0. The molecule has 0 N–H and O–H groups in total. The van der Waals surface area contributed by atoms with E-state index in [1.54, 1.807) is 12.1 Å². The van der Waals surface area contributed by atoms with Gasteiger partial charge in [0.25, 0.3) is 0 Å². The standard InChI is InChI=1S/C16H23F/c1-2-3-4-13-5-7-14(8-6-13)15-9-11-16(17)12-10-15/h9-14H,2-8H2,1H3. The highest BCUT2D eigenvalue weighted by Gasteiger charge is 2.21. The first-order valence-corrected chi connectivity index (χ1v) is 7.05. The summed E-state index contributed by atoms with van der Waals surface area (Å²) in [6.45, 7) is 2.27. The normalized spacial score (nSPS) is 24.8. The highest BCUT2D eigenvalue weighted by atomic mass is 19.1. The molecule has 0 nitrogen and oxygen atoms in total. The van der Waals surface area contributed by atoms with E-state index in [2.05, 4.69) is 6.92 Å². The molecule has 0 saturated heterocycles. The molecule has 0 heterocycles. The minimum absolute atomic E-state index is 0.120. The molecule has 17 heavy (non-hydrogen) atoms. The number of benzene rings is 1. The summed E-state index contributed by atoms with van der Waals surface area (Å²) in [5, 5.41) is 0. The van der Waals surface area contributed by atoms with Crippen LogP contribution < -0.4 is 0 Å². The smallest absolute Gasteiger partial charge is 0.123 e. The molecule has 0 aliphatic heterocycles. The average molecular weight is 234 g/mol. The van der Waals surface area contributed by atoms with E-state index in [1.165, 1.54) is 50.5 Å². The van der Waals surface area contributed by atoms with Crippen LogP contribution in [0.25, 0.3) is 0 Å². The number of halogens is 1. The fraction of sp³-hybridized carbons (Fsp3) is 0.625. The summed E-state index contributed by atoms with van der Waals surface area (Å²) in [7, 11) is 0. The van der Waals surface area contributed by atoms with Crippen LogP contribution in [0, 0.1) is 11.7 Å². The van der Waals surface area contributed by atoms with Crippen LogP contribution in [0.2, 0.25) is 0 Å². The number of hydrogen-bond donors (Lipinski definition) is 0. The van der Waals surface area contributed by atoms with Gasteiger partial charge in [0.2, 0.25) is 0 Å². The van der Waals surface area contributed by atoms with Crippen LogP contribution in [-0.4, -0.2) is 0 Å². The molecule has 0 aromatic heterocycles. The van der Waals surface area contributed by atoms with Crippen molar-refractivity contribution in [1.82, 2.24) is 0 Å². The molecule has 1 heteroatoms. The van der Waals surface area contributed by atoms with E-state index in [4.69, 9.17) is 0 Å². The zero-order chi connectivity index (χ0) is 12.1. The molecule has 0 unspecified atom stereocenters. The quantitative estimate of drug-likeness (QED) is 0.664. The lowest BCUT2D eigenvalue weighted by atomic mass is 9.77. The van der Waals surface area contributed by atoms with Crippen molar-refractivity contribution in [1.29, 1.82) is 0 Å². The SMILES string of the molecule is CCCCC1CCC(c2ccc(F)cc2)CC1. The van der Waals surface area contributed by atoms with E-state index >= 15 is 0 Å². The Morgan fingerprint density at radius 1 is 1.06 bits per heavy atom. The first-order chi connectivity index (χ1) is 8.29. The zero-order valence-electron chi connectivity index (χ0n) is 10.8. The molecule has 1 aromatic rings. The van der Waals surface area contributed by atoms with Crippen LogP contribution in [0.4, 0.5) is 4.39 Å². The Hall–Kier alpha value is -0.850. The summed E-state index contributed by atoms with van der Waals surface area (Å²) in [5.41, 5.74) is 1.33. The van der Waals surface area contributed by atoms with E-state index < -0.39 is 0 Å². The van der Waals surface area contributed by atoms with Crippen molar-refractivity contribution in [3.63, 3.8) is 0 Å². The lowest BCUT2D eigenvalue weighted by molar-refractivity contribution is 0.304. The van der Waals surface area contributed by atoms with Gasteiger partial charge < -0.3 is 0 Å². The molecule has 0 spiro atoms. The van der Waals surface area contributed by atoms with Gasteiger partial charge in [0.05, 0.1) is 0 Å². The van der Waals surface area contributed by atoms with Crippen LogP contribution in [0.5, 0.6) is 0 Å². The van der Waals surface area contributed by atoms with Crippen molar-refractivity contribution in [2.75, 3.05) is 0 Å². The maximum absolute atomic E-state index is 12.9. The topological polar surface area (TPSA) is 0 Å². The van der Waals surface area contributed by atoms with Crippen molar-refractivity contribution in [2.45, 2.75) is 57.8 Å². The Balaban J connectivity index is 1.84. The second-order valence-corrected chi connectivity index (χ2v) is 5.41. The maximum atomic E-state index is 12.9. The first-order valence-electron chi connectivity index (χ1n) is 7.05. The fourth-order valence-corrected chi connectivity index (χ4v) is 3.01. The van der Waals surface area contributed by atoms with Crippen LogP contribution >= 0.6 is 0 Å². The van der Waals surface area contributed by atoms with Gasteiger partial charge in [0.1, 0.15) is 5.82 Å². The van der Waals surface area contributed by atoms with E-state index in [1.807, 2.05) is 12.1 Å². The highest BCUT2D eigenvalue weighted by molar-refractivity contribution is 5.20. The first kappa shape index (κ1) is 12.6. The van der Waals surface area contributed by atoms with Gasteiger partial charge in [0.15, 0.2) is 0 Å². The number of hydrogen-bond acceptors (Lipinski definition) is 0. The van der Waals surface area contributed by atoms with E-state index in [0.29, 0.717) is 5.92 Å². The lowest BCUT2D eigenvalue weighted by Gasteiger charge is -2.28. The number of rotatable bonds is 4. The molecule has 1 aliphatic carbocycles. The molecule has 0 radical (unpaired) electrons. The van der Waals surface area contributed by atoms with Gasteiger partial charge in [-0.25, -0.2) is 4.39 Å². The van der Waals surface area contributed by atoms with Crippen LogP contribution in [-0.2, 0) is 0 Å². The van der Waals surface area contributed by atoms with Crippen molar-refractivity contribution in [3.8, 4) is 0 Å². The summed E-state index contributed by atoms with van der Waals surface area (Å²) >= 11 is 0. The molecule has 94 valence electrons. The molecule has 0 bridgehead atoms. The van der Waals surface area contributed by atoms with Crippen molar-refractivity contribution in [3.05, 3.63) is 35.6 Å². The Bertz CT molecular complexity index is 320. The second kappa shape index (κ2) is 6.18. The highest BCUT2D eigenvalue weighted by Crippen LogP contribution is 2.37. The zero-order valence-corrected chi connectivity index (χ0v) is 10.8. The average Bonchev–Trinajstić information content (AvgIpc) is 2.38. The van der Waals surface area contributed by atoms with Crippen LogP contribution in [0.1, 0.15) is 63.4 Å². The molecule has 0 atom stereocenters. The minimum Gasteiger partial charge on any atom is -0.207 e. The second-order valence-electron chi connectivity index (χ2n) is 5.41. The molecular formula is C16H23F. The van der Waals surface area contributed by atoms with Crippen LogP contribution in [0.3, 0.4) is 0 Å². The van der Waals surface area contributed by atoms with Gasteiger partial charge in [-0.2, -0.15) is 0 Å². The molecule has 0 amide bonds. The lowest BCUT2D eigenvalue weighted by Crippen LogP contribution is -2.13. The van der Waals surface area contributed by atoms with Crippen molar-refractivity contribution < 1.29 is 4.39 Å². The van der Waals surface area contributed by atoms with Gasteiger partial charge in [-0.3, -0.25) is 0 Å². The summed E-state index contributed by atoms with van der Waals surface area (Å²) in [6, 6.07) is 7.12. The van der Waals surface area contributed by atoms with Gasteiger partial charge in [-0.15, -0.1) is 0 Å². The molecular weight excluding hydrogens is 211 g/mol. The number of unbranched alkanes of at least 4 members (excludes halogenated alkanes) is 1. The van der Waals surface area contributed by atoms with Crippen molar-refractivity contribution in [2.24, 2.45) is 5.92 Å². The molecule has 1 fully saturated rings. The minimum atomic E-state index is -0.120. The van der Waals surface area contributed by atoms with Crippen LogP contribution in [0.15, 0.2) is 24.3 Å². The van der Waals surface area contributed by atoms with Gasteiger partial charge >= 0.3 is 0 Å². The van der Waals surface area contributed by atoms with Gasteiger partial charge in [-0.05, 0) is 55.2 Å². The molecule has 1 saturated carbocycles. The fourth-order valence-electron chi connectivity index (χ4n) is 3.01. The Kier molecular flexibility index (Phi) is 4.58. The summed E-state index contributed by atoms with van der Waals surface area (Å²) in [5.74, 6) is 1.51. The Morgan fingerprint density at radius 2 is 1.71 bits per heavy atom. The van der Waals surface area contributed by atoms with Gasteiger partial charge in [0, 0.05) is 0 Å². The predicted octanol–water partition coefficient (Wildman–Crippen LogP) is 5.29. The monoisotopic (exact) mass is 234 g/mol. The third-order valence-corrected chi connectivity index (χ3v) is 4.15. The molecule has 2 rings (SSSR count). The van der Waals surface area contributed by atoms with Gasteiger partial charge in [-0.1, -0.05) is 38.3 Å². The summed E-state index contributed by atoms with van der Waals surface area (Å²) in [6.07, 6.45) is 9.42. The molecule has 1 aromatic carbocycles. The van der Waals surface area contributed by atoms with E-state index in [9.17, 15) is 4.39 Å². The Labute approximate surface area is 104 Å². The summed E-state index contributed by atoms with van der Waals surface area (Å²) < 4.78 is 12.9. The van der Waals surface area contributed by atoms with E-state index in [0.717, 1.165) is 5.92 Å².